The Labute approximate surface area is 108 Å². The number of nitrogens with two attached hydrogens (primary N) is 1. The smallest absolute Gasteiger partial charge is 0.124 e. The van der Waals surface area contributed by atoms with Gasteiger partial charge in [0.25, 0.3) is 0 Å². The van der Waals surface area contributed by atoms with Crippen LogP contribution in [0.1, 0.15) is 39.1 Å². The van der Waals surface area contributed by atoms with Gasteiger partial charge < -0.3 is 15.5 Å². The minimum Gasteiger partial charge on any atom is -0.494 e. The number of ether oxygens (including phenoxy) is 1. The summed E-state index contributed by atoms with van der Waals surface area (Å²) in [6.45, 7) is 6.96. The lowest BCUT2D eigenvalue weighted by Gasteiger charge is -2.10. The van der Waals surface area contributed by atoms with E-state index < -0.39 is 0 Å². The first-order valence-corrected chi connectivity index (χ1v) is 6.48. The molecule has 2 rings (SSSR count). The lowest BCUT2D eigenvalue weighted by molar-refractivity contribution is 0.340. The lowest BCUT2D eigenvalue weighted by atomic mass is 10.0. The molecule has 0 spiro atoms. The van der Waals surface area contributed by atoms with Gasteiger partial charge in [0.15, 0.2) is 0 Å². The molecule has 1 heterocycles. The van der Waals surface area contributed by atoms with Gasteiger partial charge in [-0.3, -0.25) is 0 Å². The monoisotopic (exact) mass is 247 g/mol. The molecule has 1 aromatic carbocycles. The number of benzene rings is 1. The molecule has 0 aliphatic heterocycles. The van der Waals surface area contributed by atoms with Gasteiger partial charge in [-0.05, 0) is 31.4 Å². The topological polar surface area (TPSA) is 63.9 Å². The van der Waals surface area contributed by atoms with Crippen molar-refractivity contribution in [2.45, 2.75) is 33.2 Å². The minimum atomic E-state index is -0.0343. The third-order valence-electron chi connectivity index (χ3n) is 2.86. The second-order valence-electron chi connectivity index (χ2n) is 4.97. The van der Waals surface area contributed by atoms with Crippen molar-refractivity contribution < 1.29 is 4.74 Å². The maximum atomic E-state index is 6.13. The molecule has 4 nitrogen and oxygen atoms in total. The maximum absolute atomic E-state index is 6.13. The van der Waals surface area contributed by atoms with Crippen LogP contribution in [0.5, 0.6) is 5.75 Å². The molecule has 2 aromatic rings. The number of nitrogens with one attached hydrogen (secondary N) is 1. The zero-order valence-corrected chi connectivity index (χ0v) is 11.2. The zero-order valence-electron chi connectivity index (χ0n) is 11.2. The number of aromatic amines is 1. The van der Waals surface area contributed by atoms with Crippen LogP contribution < -0.4 is 10.5 Å². The molecule has 0 aliphatic rings. The summed E-state index contributed by atoms with van der Waals surface area (Å²) in [4.78, 5) is 7.81. The first-order chi connectivity index (χ1) is 8.60. The number of aromatic nitrogens is 2. The van der Waals surface area contributed by atoms with Crippen molar-refractivity contribution in [1.82, 2.24) is 9.97 Å². The van der Waals surface area contributed by atoms with Crippen molar-refractivity contribution in [2.75, 3.05) is 6.61 Å². The van der Waals surface area contributed by atoms with Crippen LogP contribution in [-0.4, -0.2) is 16.6 Å². The number of imidazole rings is 1. The van der Waals surface area contributed by atoms with E-state index in [1.807, 2.05) is 25.1 Å². The van der Waals surface area contributed by atoms with Gasteiger partial charge in [-0.25, -0.2) is 4.98 Å². The van der Waals surface area contributed by atoms with Crippen molar-refractivity contribution in [3.63, 3.8) is 0 Å². The SMILES string of the molecule is CCOc1ccc2nc(C(N)CC(C)C)[nH]c2c1. The summed E-state index contributed by atoms with van der Waals surface area (Å²) >= 11 is 0. The number of fused-ring (bicyclic) bond motifs is 1. The molecule has 3 N–H and O–H groups in total. The minimum absolute atomic E-state index is 0.0343. The summed E-state index contributed by atoms with van der Waals surface area (Å²) in [7, 11) is 0. The van der Waals surface area contributed by atoms with Crippen LogP contribution in [0, 0.1) is 5.92 Å². The molecule has 0 aliphatic carbocycles. The quantitative estimate of drug-likeness (QED) is 0.853. The fourth-order valence-corrected chi connectivity index (χ4v) is 2.06. The van der Waals surface area contributed by atoms with Crippen LogP contribution in [-0.2, 0) is 0 Å². The summed E-state index contributed by atoms with van der Waals surface area (Å²) in [5.41, 5.74) is 8.05. The van der Waals surface area contributed by atoms with Crippen molar-refractivity contribution in [1.29, 1.82) is 0 Å². The number of nitrogens with zero attached hydrogens (tertiary/aromatic N) is 1. The molecule has 0 bridgehead atoms. The average Bonchev–Trinajstić information content (AvgIpc) is 2.71. The second-order valence-corrected chi connectivity index (χ2v) is 4.97. The van der Waals surface area contributed by atoms with Crippen LogP contribution in [0.4, 0.5) is 0 Å². The molecular weight excluding hydrogens is 226 g/mol. The van der Waals surface area contributed by atoms with Gasteiger partial charge in [-0.1, -0.05) is 13.8 Å². The third-order valence-corrected chi connectivity index (χ3v) is 2.86. The molecule has 0 saturated heterocycles. The molecule has 0 fully saturated rings. The Morgan fingerprint density at radius 2 is 2.17 bits per heavy atom. The normalized spacial score (nSPS) is 13.2. The number of rotatable bonds is 5. The average molecular weight is 247 g/mol. The van der Waals surface area contributed by atoms with Crippen LogP contribution >= 0.6 is 0 Å². The first-order valence-electron chi connectivity index (χ1n) is 6.48. The Morgan fingerprint density at radius 1 is 1.39 bits per heavy atom. The van der Waals surface area contributed by atoms with E-state index in [1.54, 1.807) is 0 Å². The van der Waals surface area contributed by atoms with Crippen molar-refractivity contribution >= 4 is 11.0 Å². The maximum Gasteiger partial charge on any atom is 0.124 e. The molecule has 1 atom stereocenters. The van der Waals surface area contributed by atoms with Crippen LogP contribution in [0.2, 0.25) is 0 Å². The van der Waals surface area contributed by atoms with E-state index in [0.717, 1.165) is 29.0 Å². The molecule has 1 aromatic heterocycles. The van der Waals surface area contributed by atoms with E-state index in [-0.39, 0.29) is 6.04 Å². The van der Waals surface area contributed by atoms with Crippen molar-refractivity contribution in [3.05, 3.63) is 24.0 Å². The molecule has 1 unspecified atom stereocenters. The van der Waals surface area contributed by atoms with Gasteiger partial charge in [-0.15, -0.1) is 0 Å². The fourth-order valence-electron chi connectivity index (χ4n) is 2.06. The third kappa shape index (κ3) is 2.82. The van der Waals surface area contributed by atoms with E-state index in [1.165, 1.54) is 0 Å². The van der Waals surface area contributed by atoms with E-state index in [9.17, 15) is 0 Å². The number of hydrogen-bond donors (Lipinski definition) is 2. The van der Waals surface area contributed by atoms with Crippen LogP contribution in [0.3, 0.4) is 0 Å². The summed E-state index contributed by atoms with van der Waals surface area (Å²) in [6, 6.07) is 5.83. The second kappa shape index (κ2) is 5.40. The highest BCUT2D eigenvalue weighted by Gasteiger charge is 2.13. The predicted molar refractivity (Wildman–Crippen MR) is 73.6 cm³/mol. The Morgan fingerprint density at radius 3 is 2.83 bits per heavy atom. The summed E-state index contributed by atoms with van der Waals surface area (Å²) in [5.74, 6) is 2.28. The van der Waals surface area contributed by atoms with Gasteiger partial charge in [0.1, 0.15) is 11.6 Å². The van der Waals surface area contributed by atoms with Gasteiger partial charge in [0.2, 0.25) is 0 Å². The summed E-state index contributed by atoms with van der Waals surface area (Å²) in [6.07, 6.45) is 0.929. The van der Waals surface area contributed by atoms with Crippen molar-refractivity contribution in [3.8, 4) is 5.75 Å². The fraction of sp³-hybridized carbons (Fsp3) is 0.500. The Balaban J connectivity index is 2.26. The van der Waals surface area contributed by atoms with E-state index in [2.05, 4.69) is 23.8 Å². The highest BCUT2D eigenvalue weighted by Crippen LogP contribution is 2.23. The van der Waals surface area contributed by atoms with E-state index in [4.69, 9.17) is 10.5 Å². The number of H-pyrrole nitrogens is 1. The predicted octanol–water partition coefficient (Wildman–Crippen LogP) is 3.01. The summed E-state index contributed by atoms with van der Waals surface area (Å²) in [5, 5.41) is 0. The largest absolute Gasteiger partial charge is 0.494 e. The van der Waals surface area contributed by atoms with Gasteiger partial charge in [0, 0.05) is 6.07 Å². The Kier molecular flexibility index (Phi) is 3.87. The van der Waals surface area contributed by atoms with E-state index in [0.29, 0.717) is 12.5 Å². The Hall–Kier alpha value is -1.55. The lowest BCUT2D eigenvalue weighted by Crippen LogP contribution is -2.14. The zero-order chi connectivity index (χ0) is 13.1. The molecular formula is C14H21N3O. The van der Waals surface area contributed by atoms with Gasteiger partial charge in [0.05, 0.1) is 23.7 Å². The molecule has 18 heavy (non-hydrogen) atoms. The standard InChI is InChI=1S/C14H21N3O/c1-4-18-10-5-6-12-13(8-10)17-14(16-12)11(15)7-9(2)3/h5-6,8-9,11H,4,7,15H2,1-3H3,(H,16,17). The molecule has 0 amide bonds. The molecule has 98 valence electrons. The molecule has 0 radical (unpaired) electrons. The van der Waals surface area contributed by atoms with E-state index >= 15 is 0 Å². The van der Waals surface area contributed by atoms with Crippen LogP contribution in [0.15, 0.2) is 18.2 Å². The highest BCUT2D eigenvalue weighted by molar-refractivity contribution is 5.76. The van der Waals surface area contributed by atoms with Gasteiger partial charge in [-0.2, -0.15) is 0 Å². The first kappa shape index (κ1) is 12.9. The highest BCUT2D eigenvalue weighted by atomic mass is 16.5. The summed E-state index contributed by atoms with van der Waals surface area (Å²) < 4.78 is 5.47. The van der Waals surface area contributed by atoms with Crippen LogP contribution in [0.25, 0.3) is 11.0 Å². The van der Waals surface area contributed by atoms with Crippen molar-refractivity contribution in [2.24, 2.45) is 11.7 Å². The molecule has 4 heteroatoms. The number of hydrogen-bond acceptors (Lipinski definition) is 3. The van der Waals surface area contributed by atoms with Gasteiger partial charge >= 0.3 is 0 Å². The Bertz CT molecular complexity index is 519. The molecule has 0 saturated carbocycles.